The number of carbonyl (C=O) groups is 3. The molecule has 4 N–H and O–H groups in total. The van der Waals surface area contributed by atoms with E-state index >= 15 is 14.4 Å². The van der Waals surface area contributed by atoms with Crippen molar-refractivity contribution in [3.8, 4) is 17.6 Å². The Kier molecular flexibility index (Phi) is 9.97. The summed E-state index contributed by atoms with van der Waals surface area (Å²) in [6, 6.07) is 36.5. The molecule has 1 spiro atoms. The number of nitrogens with zero attached hydrogens (tertiary/aromatic N) is 2. The molecule has 6 unspecified atom stereocenters. The van der Waals surface area contributed by atoms with Gasteiger partial charge in [0, 0.05) is 17.7 Å². The summed E-state index contributed by atoms with van der Waals surface area (Å²) in [5, 5.41) is 25.4. The number of carbonyl (C=O) groups excluding carboxylic acids is 3. The number of fused-ring (bicyclic) bond motifs is 4. The molecule has 4 heterocycles. The molecule has 3 aliphatic heterocycles. The van der Waals surface area contributed by atoms with Gasteiger partial charge in [-0.05, 0) is 64.7 Å². The van der Waals surface area contributed by atoms with E-state index in [0.717, 1.165) is 15.8 Å². The van der Waals surface area contributed by atoms with Crippen LogP contribution < -0.4 is 15.4 Å². The lowest BCUT2D eigenvalue weighted by Gasteiger charge is -2.46. The zero-order valence-corrected chi connectivity index (χ0v) is 31.9. The number of aromatic nitrogens is 1. The fourth-order valence-electron chi connectivity index (χ4n) is 8.91. The van der Waals surface area contributed by atoms with E-state index in [2.05, 4.69) is 22.5 Å². The molecule has 0 aliphatic carbocycles. The minimum atomic E-state index is -1.72. The lowest BCUT2D eigenvalue weighted by atomic mass is 9.65. The molecule has 2 amide bonds. The van der Waals surface area contributed by atoms with Crippen LogP contribution >= 0.6 is 11.3 Å². The van der Waals surface area contributed by atoms with Gasteiger partial charge in [-0.2, -0.15) is 0 Å². The first-order chi connectivity index (χ1) is 28.4. The van der Waals surface area contributed by atoms with Crippen LogP contribution in [0.2, 0.25) is 0 Å². The van der Waals surface area contributed by atoms with Crippen molar-refractivity contribution < 1.29 is 34.1 Å². The van der Waals surface area contributed by atoms with Gasteiger partial charge >= 0.3 is 5.97 Å². The molecule has 9 rings (SSSR count). The number of nitrogens with one attached hydrogen (secondary N) is 2. The monoisotopic (exact) mass is 790 g/mol. The van der Waals surface area contributed by atoms with E-state index in [1.54, 1.807) is 24.3 Å². The Morgan fingerprint density at radius 3 is 2.31 bits per heavy atom. The Balaban J connectivity index is 1.32. The van der Waals surface area contributed by atoms with Gasteiger partial charge in [-0.25, -0.2) is 4.98 Å². The van der Waals surface area contributed by atoms with E-state index in [0.29, 0.717) is 38.8 Å². The number of para-hydroxylation sites is 1. The Bertz CT molecular complexity index is 2540. The zero-order chi connectivity index (χ0) is 39.8. The van der Waals surface area contributed by atoms with Gasteiger partial charge in [0.1, 0.15) is 29.9 Å². The van der Waals surface area contributed by atoms with Crippen LogP contribution in [0, 0.1) is 17.8 Å². The summed E-state index contributed by atoms with van der Waals surface area (Å²) in [6.45, 7) is -0.194. The molecule has 2 saturated heterocycles. The molecule has 6 atom stereocenters. The molecule has 290 valence electrons. The number of thiazole rings is 1. The number of aliphatic hydroxyl groups is 2. The molecule has 0 radical (unpaired) electrons. The van der Waals surface area contributed by atoms with Gasteiger partial charge in [0.05, 0.1) is 41.4 Å². The summed E-state index contributed by atoms with van der Waals surface area (Å²) in [6.07, 6.45) is -0.564. The van der Waals surface area contributed by atoms with Crippen LogP contribution in [0.1, 0.15) is 52.4 Å². The number of esters is 1. The normalized spacial score (nSPS) is 23.4. The predicted molar refractivity (Wildman–Crippen MR) is 219 cm³/mol. The van der Waals surface area contributed by atoms with E-state index in [1.807, 2.05) is 108 Å². The maximum Gasteiger partial charge on any atom is 0.324 e. The molecule has 12 heteroatoms. The van der Waals surface area contributed by atoms with Gasteiger partial charge in [-0.15, -0.1) is 0 Å². The largest absolute Gasteiger partial charge is 0.491 e. The van der Waals surface area contributed by atoms with Gasteiger partial charge in [0.25, 0.3) is 0 Å². The average Bonchev–Trinajstić information content (AvgIpc) is 3.90. The second-order valence-corrected chi connectivity index (χ2v) is 15.4. The van der Waals surface area contributed by atoms with E-state index < -0.39 is 53.3 Å². The first-order valence-corrected chi connectivity index (χ1v) is 19.9. The van der Waals surface area contributed by atoms with Gasteiger partial charge in [-0.3, -0.25) is 19.3 Å². The van der Waals surface area contributed by atoms with Crippen molar-refractivity contribution >= 4 is 50.2 Å². The minimum Gasteiger partial charge on any atom is -0.491 e. The summed E-state index contributed by atoms with van der Waals surface area (Å²) in [7, 11) is 0. The maximum absolute atomic E-state index is 15.4. The molecule has 1 aromatic heterocycles. The zero-order valence-electron chi connectivity index (χ0n) is 31.1. The summed E-state index contributed by atoms with van der Waals surface area (Å²) in [5.74, 6) is 3.59. The maximum atomic E-state index is 15.4. The third-order valence-electron chi connectivity index (χ3n) is 11.1. The molecule has 11 nitrogen and oxygen atoms in total. The molecule has 2 fully saturated rings. The fraction of sp³-hybridized carbons (Fsp3) is 0.217. The summed E-state index contributed by atoms with van der Waals surface area (Å²) in [4.78, 5) is 52.5. The van der Waals surface area contributed by atoms with Crippen molar-refractivity contribution in [2.75, 3.05) is 30.5 Å². The second kappa shape index (κ2) is 15.5. The number of anilines is 2. The summed E-state index contributed by atoms with van der Waals surface area (Å²) in [5.41, 5.74) is 2.79. The van der Waals surface area contributed by atoms with E-state index in [4.69, 9.17) is 14.5 Å². The van der Waals surface area contributed by atoms with Crippen LogP contribution in [-0.4, -0.2) is 63.7 Å². The lowest BCUT2D eigenvalue weighted by molar-refractivity contribution is -0.177. The molecular formula is C46H38N4O7S. The van der Waals surface area contributed by atoms with Crippen molar-refractivity contribution in [2.24, 2.45) is 5.92 Å². The van der Waals surface area contributed by atoms with Gasteiger partial charge < -0.3 is 30.3 Å². The average molecular weight is 791 g/mol. The quantitative estimate of drug-likeness (QED) is 0.0977. The smallest absolute Gasteiger partial charge is 0.324 e. The Hall–Kier alpha value is -6.36. The lowest BCUT2D eigenvalue weighted by Crippen LogP contribution is -2.53. The van der Waals surface area contributed by atoms with Crippen LogP contribution in [0.3, 0.4) is 0 Å². The molecule has 58 heavy (non-hydrogen) atoms. The van der Waals surface area contributed by atoms with Crippen molar-refractivity contribution in [2.45, 2.75) is 36.1 Å². The third kappa shape index (κ3) is 6.29. The first kappa shape index (κ1) is 37.2. The highest BCUT2D eigenvalue weighted by atomic mass is 32.1. The predicted octanol–water partition coefficient (Wildman–Crippen LogP) is 6.31. The minimum absolute atomic E-state index is 0.0888. The second-order valence-electron chi connectivity index (χ2n) is 14.4. The molecule has 3 aliphatic rings. The number of hydrogen-bond donors (Lipinski definition) is 4. The van der Waals surface area contributed by atoms with E-state index in [-0.39, 0.29) is 26.2 Å². The van der Waals surface area contributed by atoms with Crippen LogP contribution in [-0.2, 0) is 24.5 Å². The van der Waals surface area contributed by atoms with Crippen molar-refractivity contribution in [1.82, 2.24) is 9.88 Å². The molecule has 6 aromatic rings. The molecular weight excluding hydrogens is 753 g/mol. The number of ether oxygens (including phenoxy) is 2. The third-order valence-corrected chi connectivity index (χ3v) is 12.1. The van der Waals surface area contributed by atoms with Gasteiger partial charge in [-0.1, -0.05) is 108 Å². The highest BCUT2D eigenvalue weighted by molar-refractivity contribution is 7.22. The standard InChI is InChI=1S/C46H38N4O7S/c51-24-10-9-11-28-18-23-34-33(27-28)46(44(55)47-34)37(42(53)49-45-48-35-16-7-8-17-36(35)58-45)39-43(54)57-40(30-14-5-2-6-15-30)38(29-12-3-1-4-13-29)50(39)41(46)31-19-21-32(22-20-31)56-26-25-52/h1-8,12-23,27,37-41,51-52H,10,24-26H2,(H,47,55)(H,48,49,53). The van der Waals surface area contributed by atoms with Crippen molar-refractivity contribution in [3.63, 3.8) is 0 Å². The van der Waals surface area contributed by atoms with E-state index in [9.17, 15) is 10.2 Å². The van der Waals surface area contributed by atoms with Gasteiger partial charge in [0.15, 0.2) is 5.13 Å². The molecule has 0 bridgehead atoms. The topological polar surface area (TPSA) is 150 Å². The first-order valence-electron chi connectivity index (χ1n) is 19.1. The van der Waals surface area contributed by atoms with Crippen LogP contribution in [0.5, 0.6) is 5.75 Å². The number of benzene rings is 5. The van der Waals surface area contributed by atoms with Gasteiger partial charge in [0.2, 0.25) is 11.8 Å². The Morgan fingerprint density at radius 1 is 0.862 bits per heavy atom. The highest BCUT2D eigenvalue weighted by Gasteiger charge is 2.74. The fourth-order valence-corrected chi connectivity index (χ4v) is 9.78. The van der Waals surface area contributed by atoms with Crippen molar-refractivity contribution in [3.05, 3.63) is 155 Å². The number of cyclic esters (lactones) is 1. The Labute approximate surface area is 338 Å². The van der Waals surface area contributed by atoms with E-state index in [1.165, 1.54) is 11.3 Å². The van der Waals surface area contributed by atoms with Crippen LogP contribution in [0.4, 0.5) is 10.8 Å². The number of amides is 2. The van der Waals surface area contributed by atoms with Crippen molar-refractivity contribution in [1.29, 1.82) is 0 Å². The summed E-state index contributed by atoms with van der Waals surface area (Å²) >= 11 is 1.30. The van der Waals surface area contributed by atoms with Crippen LogP contribution in [0.15, 0.2) is 127 Å². The number of aliphatic hydroxyl groups excluding tert-OH is 2. The number of hydrogen-bond acceptors (Lipinski definition) is 10. The number of rotatable bonds is 9. The van der Waals surface area contributed by atoms with Crippen LogP contribution in [0.25, 0.3) is 10.2 Å². The molecule has 5 aromatic carbocycles. The molecule has 0 saturated carbocycles. The highest BCUT2D eigenvalue weighted by Crippen LogP contribution is 2.65. The SMILES string of the molecule is O=C1OC(c2ccccc2)C(c2ccccc2)N2C1C(C(=O)Nc1nc3ccccc3s1)C1(C(=O)Nc3ccc(C#CCCO)cc31)C2c1ccc(OCCO)cc1. The number of morpholine rings is 1. The summed E-state index contributed by atoms with van der Waals surface area (Å²) < 4.78 is 13.1. The Morgan fingerprint density at radius 2 is 1.59 bits per heavy atom.